The minimum absolute atomic E-state index is 0.0788. The number of nitrogens with one attached hydrogen (secondary N) is 3. The van der Waals surface area contributed by atoms with E-state index in [9.17, 15) is 13.2 Å². The third kappa shape index (κ3) is 4.36. The Bertz CT molecular complexity index is 1140. The number of hydrogen-bond donors (Lipinski definition) is 3. The second kappa shape index (κ2) is 8.14. The molecule has 0 aliphatic rings. The molecule has 1 amide bonds. The molecule has 1 unspecified atom stereocenters. The molecule has 152 valence electrons. The van der Waals surface area contributed by atoms with E-state index in [1.54, 1.807) is 26.8 Å². The van der Waals surface area contributed by atoms with Crippen molar-refractivity contribution in [3.8, 4) is 0 Å². The summed E-state index contributed by atoms with van der Waals surface area (Å²) in [4.78, 5) is 17.5. The van der Waals surface area contributed by atoms with Gasteiger partial charge in [-0.3, -0.25) is 9.89 Å². The van der Waals surface area contributed by atoms with E-state index in [-0.39, 0.29) is 10.5 Å². The number of sulfonamides is 1. The van der Waals surface area contributed by atoms with Gasteiger partial charge >= 0.3 is 0 Å². The number of nitrogens with zero attached hydrogens (tertiary/aromatic N) is 2. The number of amides is 1. The number of hydrogen-bond acceptors (Lipinski definition) is 5. The highest BCUT2D eigenvalue weighted by molar-refractivity contribution is 7.89. The van der Waals surface area contributed by atoms with Gasteiger partial charge in [0.25, 0.3) is 5.91 Å². The topological polar surface area (TPSA) is 117 Å². The number of aromatic amines is 1. The molecular formula is C20H23N5O3S. The zero-order valence-electron chi connectivity index (χ0n) is 16.6. The Balaban J connectivity index is 2.01. The number of aryl methyl sites for hydroxylation is 2. The van der Waals surface area contributed by atoms with Crippen LogP contribution in [0.2, 0.25) is 0 Å². The molecule has 0 bridgehead atoms. The molecule has 1 atom stereocenters. The van der Waals surface area contributed by atoms with Crippen molar-refractivity contribution in [1.82, 2.24) is 25.2 Å². The van der Waals surface area contributed by atoms with Crippen molar-refractivity contribution in [2.24, 2.45) is 0 Å². The molecule has 0 saturated heterocycles. The summed E-state index contributed by atoms with van der Waals surface area (Å²) in [6, 6.07) is 11.8. The monoisotopic (exact) mass is 413 g/mol. The number of aromatic nitrogens is 3. The quantitative estimate of drug-likeness (QED) is 0.572. The lowest BCUT2D eigenvalue weighted by Gasteiger charge is -2.18. The first kappa shape index (κ1) is 20.7. The van der Waals surface area contributed by atoms with Crippen molar-refractivity contribution in [1.29, 1.82) is 0 Å². The Kier molecular flexibility index (Phi) is 5.81. The molecule has 3 N–H and O–H groups in total. The third-order valence-corrected chi connectivity index (χ3v) is 6.26. The van der Waals surface area contributed by atoms with Crippen LogP contribution in [0.5, 0.6) is 0 Å². The average molecular weight is 414 g/mol. The molecule has 9 heteroatoms. The smallest absolute Gasteiger partial charge is 0.252 e. The minimum atomic E-state index is -3.70. The van der Waals surface area contributed by atoms with E-state index in [4.69, 9.17) is 0 Å². The van der Waals surface area contributed by atoms with Crippen LogP contribution < -0.4 is 10.0 Å². The van der Waals surface area contributed by atoms with Gasteiger partial charge in [0.1, 0.15) is 11.9 Å². The molecule has 3 rings (SSSR count). The molecule has 0 aliphatic heterocycles. The standard InChI is InChI=1S/C20H23N5O3S/c1-12-10-16(11-17(13(12)2)29(27,28)21-4)20(26)23-18(15-8-6-5-7-9-15)19-22-14(3)24-25-19/h5-11,18,21H,1-4H3,(H,23,26)(H,22,24,25). The van der Waals surface area contributed by atoms with Gasteiger partial charge in [-0.25, -0.2) is 18.1 Å². The lowest BCUT2D eigenvalue weighted by atomic mass is 10.0. The average Bonchev–Trinajstić information content (AvgIpc) is 3.14. The zero-order valence-corrected chi connectivity index (χ0v) is 17.5. The van der Waals surface area contributed by atoms with Gasteiger partial charge in [0.15, 0.2) is 5.82 Å². The van der Waals surface area contributed by atoms with Gasteiger partial charge in [0, 0.05) is 5.56 Å². The van der Waals surface area contributed by atoms with Crippen LogP contribution in [0.15, 0.2) is 47.4 Å². The predicted octanol–water partition coefficient (Wildman–Crippen LogP) is 2.16. The van der Waals surface area contributed by atoms with Gasteiger partial charge < -0.3 is 5.32 Å². The summed E-state index contributed by atoms with van der Waals surface area (Å²) in [5, 5.41) is 9.89. The van der Waals surface area contributed by atoms with Crippen LogP contribution in [-0.4, -0.2) is 36.6 Å². The highest BCUT2D eigenvalue weighted by atomic mass is 32.2. The van der Waals surface area contributed by atoms with Crippen molar-refractivity contribution >= 4 is 15.9 Å². The number of carbonyl (C=O) groups is 1. The largest absolute Gasteiger partial charge is 0.338 e. The SMILES string of the molecule is CNS(=O)(=O)c1cc(C(=O)NC(c2ccccc2)c2n[nH]c(C)n2)cc(C)c1C. The van der Waals surface area contributed by atoms with E-state index in [0.29, 0.717) is 22.8 Å². The Morgan fingerprint density at radius 3 is 2.38 bits per heavy atom. The lowest BCUT2D eigenvalue weighted by molar-refractivity contribution is 0.0941. The van der Waals surface area contributed by atoms with Crippen LogP contribution >= 0.6 is 0 Å². The maximum Gasteiger partial charge on any atom is 0.252 e. The van der Waals surface area contributed by atoms with E-state index >= 15 is 0 Å². The molecule has 0 spiro atoms. The van der Waals surface area contributed by atoms with E-state index in [2.05, 4.69) is 25.2 Å². The molecule has 1 aromatic heterocycles. The number of H-pyrrole nitrogens is 1. The third-order valence-electron chi connectivity index (χ3n) is 4.72. The molecule has 0 radical (unpaired) electrons. The van der Waals surface area contributed by atoms with Gasteiger partial charge in [-0.2, -0.15) is 5.10 Å². The first-order valence-corrected chi connectivity index (χ1v) is 10.5. The summed E-state index contributed by atoms with van der Waals surface area (Å²) < 4.78 is 27.0. The van der Waals surface area contributed by atoms with Crippen LogP contribution in [0.25, 0.3) is 0 Å². The molecule has 29 heavy (non-hydrogen) atoms. The highest BCUT2D eigenvalue weighted by Gasteiger charge is 2.24. The van der Waals surface area contributed by atoms with Gasteiger partial charge in [0.2, 0.25) is 10.0 Å². The molecule has 0 fully saturated rings. The summed E-state index contributed by atoms with van der Waals surface area (Å²) >= 11 is 0. The van der Waals surface area contributed by atoms with Gasteiger partial charge in [-0.05, 0) is 56.6 Å². The van der Waals surface area contributed by atoms with Crippen LogP contribution in [-0.2, 0) is 10.0 Å². The lowest BCUT2D eigenvalue weighted by Crippen LogP contribution is -2.30. The number of benzene rings is 2. The van der Waals surface area contributed by atoms with Crippen LogP contribution in [0.1, 0.15) is 44.7 Å². The summed E-state index contributed by atoms with van der Waals surface area (Å²) in [6.45, 7) is 5.26. The Hall–Kier alpha value is -3.04. The van der Waals surface area contributed by atoms with Crippen molar-refractivity contribution in [3.63, 3.8) is 0 Å². The fraction of sp³-hybridized carbons (Fsp3) is 0.250. The molecule has 8 nitrogen and oxygen atoms in total. The summed E-state index contributed by atoms with van der Waals surface area (Å²) in [7, 11) is -2.36. The zero-order chi connectivity index (χ0) is 21.2. The van der Waals surface area contributed by atoms with Gasteiger partial charge in [-0.1, -0.05) is 30.3 Å². The maximum absolute atomic E-state index is 13.0. The van der Waals surface area contributed by atoms with E-state index < -0.39 is 22.0 Å². The van der Waals surface area contributed by atoms with Crippen molar-refractivity contribution in [2.75, 3.05) is 7.05 Å². The van der Waals surface area contributed by atoms with Crippen molar-refractivity contribution in [3.05, 3.63) is 76.4 Å². The van der Waals surface area contributed by atoms with Crippen molar-refractivity contribution in [2.45, 2.75) is 31.7 Å². The number of carbonyl (C=O) groups excluding carboxylic acids is 1. The van der Waals surface area contributed by atoms with Gasteiger partial charge in [-0.15, -0.1) is 0 Å². The molecule has 3 aromatic rings. The summed E-state index contributed by atoms with van der Waals surface area (Å²) in [5.74, 6) is 0.634. The fourth-order valence-corrected chi connectivity index (χ4v) is 4.06. The van der Waals surface area contributed by atoms with Crippen LogP contribution in [0, 0.1) is 20.8 Å². The normalized spacial score (nSPS) is 12.6. The predicted molar refractivity (Wildman–Crippen MR) is 109 cm³/mol. The first-order chi connectivity index (χ1) is 13.7. The molecule has 0 aliphatic carbocycles. The van der Waals surface area contributed by atoms with Crippen LogP contribution in [0.3, 0.4) is 0 Å². The second-order valence-electron chi connectivity index (χ2n) is 6.72. The Labute approximate surface area is 169 Å². The highest BCUT2D eigenvalue weighted by Crippen LogP contribution is 2.23. The van der Waals surface area contributed by atoms with Gasteiger partial charge in [0.05, 0.1) is 4.90 Å². The Morgan fingerprint density at radius 1 is 1.10 bits per heavy atom. The first-order valence-electron chi connectivity index (χ1n) is 9.02. The summed E-state index contributed by atoms with van der Waals surface area (Å²) in [6.07, 6.45) is 0. The van der Waals surface area contributed by atoms with E-state index in [1.165, 1.54) is 13.1 Å². The van der Waals surface area contributed by atoms with E-state index in [1.807, 2.05) is 30.3 Å². The maximum atomic E-state index is 13.0. The molecule has 0 saturated carbocycles. The minimum Gasteiger partial charge on any atom is -0.338 e. The Morgan fingerprint density at radius 2 is 1.79 bits per heavy atom. The summed E-state index contributed by atoms with van der Waals surface area (Å²) in [5.41, 5.74) is 2.36. The number of rotatable bonds is 6. The second-order valence-corrected chi connectivity index (χ2v) is 8.57. The molecule has 2 aromatic carbocycles. The van der Waals surface area contributed by atoms with E-state index in [0.717, 1.165) is 5.56 Å². The van der Waals surface area contributed by atoms with Crippen molar-refractivity contribution < 1.29 is 13.2 Å². The van der Waals surface area contributed by atoms with Crippen LogP contribution in [0.4, 0.5) is 0 Å². The molecular weight excluding hydrogens is 390 g/mol. The fourth-order valence-electron chi connectivity index (χ4n) is 2.99. The molecule has 1 heterocycles.